The molecule has 0 saturated carbocycles. The Hall–Kier alpha value is -2.24. The predicted octanol–water partition coefficient (Wildman–Crippen LogP) is 2.31. The van der Waals surface area contributed by atoms with Crippen molar-refractivity contribution < 1.29 is 18.8 Å². The SMILES string of the molecule is O=C(CCCC(=O)c1ccc(F)cc1)NCC(=O)N1CCCCC1. The Morgan fingerprint density at radius 1 is 1.00 bits per heavy atom. The summed E-state index contributed by atoms with van der Waals surface area (Å²) in [4.78, 5) is 37.3. The fraction of sp³-hybridized carbons (Fsp3) is 0.500. The molecular formula is C18H23FN2O3. The maximum Gasteiger partial charge on any atom is 0.241 e. The molecule has 0 spiro atoms. The molecule has 0 atom stereocenters. The van der Waals surface area contributed by atoms with Crippen molar-refractivity contribution in [1.82, 2.24) is 10.2 Å². The molecule has 130 valence electrons. The molecular weight excluding hydrogens is 311 g/mol. The lowest BCUT2D eigenvalue weighted by Crippen LogP contribution is -2.42. The van der Waals surface area contributed by atoms with Gasteiger partial charge in [-0.3, -0.25) is 14.4 Å². The number of hydrogen-bond donors (Lipinski definition) is 1. The minimum absolute atomic E-state index is 0.0186. The molecule has 1 aliphatic rings. The molecule has 2 amide bonds. The van der Waals surface area contributed by atoms with Crippen LogP contribution in [0.1, 0.15) is 48.9 Å². The van der Waals surface area contributed by atoms with Gasteiger partial charge in [-0.2, -0.15) is 0 Å². The molecule has 1 saturated heterocycles. The smallest absolute Gasteiger partial charge is 0.241 e. The highest BCUT2D eigenvalue weighted by Crippen LogP contribution is 2.09. The minimum atomic E-state index is -0.385. The van der Waals surface area contributed by atoms with Crippen molar-refractivity contribution in [2.45, 2.75) is 38.5 Å². The minimum Gasteiger partial charge on any atom is -0.347 e. The van der Waals surface area contributed by atoms with Crippen LogP contribution in [0.25, 0.3) is 0 Å². The van der Waals surface area contributed by atoms with Gasteiger partial charge in [-0.05, 0) is 49.9 Å². The molecule has 24 heavy (non-hydrogen) atoms. The number of benzene rings is 1. The molecule has 0 aliphatic carbocycles. The normalized spacial score (nSPS) is 14.3. The molecule has 0 aromatic heterocycles. The van der Waals surface area contributed by atoms with Crippen molar-refractivity contribution >= 4 is 17.6 Å². The highest BCUT2D eigenvalue weighted by molar-refractivity contribution is 5.96. The average Bonchev–Trinajstić information content (AvgIpc) is 2.61. The lowest BCUT2D eigenvalue weighted by molar-refractivity contribution is -0.133. The molecule has 2 rings (SSSR count). The summed E-state index contributed by atoms with van der Waals surface area (Å²) < 4.78 is 12.8. The number of Topliss-reactive ketones (excluding diaryl/α,β-unsaturated/α-hetero) is 1. The first-order valence-corrected chi connectivity index (χ1v) is 8.39. The van der Waals surface area contributed by atoms with E-state index in [1.807, 2.05) is 0 Å². The van der Waals surface area contributed by atoms with Gasteiger partial charge in [0, 0.05) is 31.5 Å². The third-order valence-corrected chi connectivity index (χ3v) is 4.12. The zero-order valence-electron chi connectivity index (χ0n) is 13.7. The lowest BCUT2D eigenvalue weighted by atomic mass is 10.1. The Kier molecular flexibility index (Phi) is 6.90. The number of piperidine rings is 1. The van der Waals surface area contributed by atoms with E-state index in [-0.39, 0.29) is 42.8 Å². The molecule has 1 N–H and O–H groups in total. The van der Waals surface area contributed by atoms with Gasteiger partial charge in [0.05, 0.1) is 6.54 Å². The second kappa shape index (κ2) is 9.15. The number of hydrogen-bond acceptors (Lipinski definition) is 3. The molecule has 0 unspecified atom stereocenters. The highest BCUT2D eigenvalue weighted by atomic mass is 19.1. The molecule has 0 bridgehead atoms. The van der Waals surface area contributed by atoms with E-state index in [1.165, 1.54) is 24.3 Å². The van der Waals surface area contributed by atoms with E-state index in [2.05, 4.69) is 5.32 Å². The van der Waals surface area contributed by atoms with Crippen LogP contribution >= 0.6 is 0 Å². The van der Waals surface area contributed by atoms with Crippen LogP contribution in [-0.4, -0.2) is 42.1 Å². The Morgan fingerprint density at radius 3 is 2.33 bits per heavy atom. The fourth-order valence-electron chi connectivity index (χ4n) is 2.71. The van der Waals surface area contributed by atoms with E-state index in [0.717, 1.165) is 32.4 Å². The maximum atomic E-state index is 12.8. The Labute approximate surface area is 141 Å². The quantitative estimate of drug-likeness (QED) is 0.778. The van der Waals surface area contributed by atoms with Gasteiger partial charge in [0.25, 0.3) is 0 Å². The van der Waals surface area contributed by atoms with Gasteiger partial charge >= 0.3 is 0 Å². The first-order chi connectivity index (χ1) is 11.6. The molecule has 1 aromatic rings. The maximum absolute atomic E-state index is 12.8. The topological polar surface area (TPSA) is 66.5 Å². The van der Waals surface area contributed by atoms with E-state index < -0.39 is 0 Å². The Balaban J connectivity index is 1.63. The summed E-state index contributed by atoms with van der Waals surface area (Å²) in [6, 6.07) is 5.36. The van der Waals surface area contributed by atoms with Crippen LogP contribution in [-0.2, 0) is 9.59 Å². The van der Waals surface area contributed by atoms with Crippen LogP contribution in [0.3, 0.4) is 0 Å². The highest BCUT2D eigenvalue weighted by Gasteiger charge is 2.16. The standard InChI is InChI=1S/C18H23FN2O3/c19-15-9-7-14(8-10-15)16(22)5-4-6-17(23)20-13-18(24)21-11-2-1-3-12-21/h7-10H,1-6,11-13H2,(H,20,23). The van der Waals surface area contributed by atoms with Crippen molar-refractivity contribution in [2.75, 3.05) is 19.6 Å². The summed E-state index contributed by atoms with van der Waals surface area (Å²) in [5.41, 5.74) is 0.442. The number of nitrogens with zero attached hydrogens (tertiary/aromatic N) is 1. The summed E-state index contributed by atoms with van der Waals surface area (Å²) in [7, 11) is 0. The van der Waals surface area contributed by atoms with Gasteiger partial charge in [-0.25, -0.2) is 4.39 Å². The van der Waals surface area contributed by atoms with Gasteiger partial charge in [0.1, 0.15) is 5.82 Å². The van der Waals surface area contributed by atoms with Crippen molar-refractivity contribution in [1.29, 1.82) is 0 Å². The average molecular weight is 334 g/mol. The third kappa shape index (κ3) is 5.76. The van der Waals surface area contributed by atoms with Crippen LogP contribution in [0, 0.1) is 5.82 Å². The largest absolute Gasteiger partial charge is 0.347 e. The number of likely N-dealkylation sites (tertiary alicyclic amines) is 1. The van der Waals surface area contributed by atoms with E-state index in [9.17, 15) is 18.8 Å². The number of rotatable bonds is 7. The van der Waals surface area contributed by atoms with E-state index >= 15 is 0 Å². The van der Waals surface area contributed by atoms with Crippen LogP contribution in [0.2, 0.25) is 0 Å². The summed E-state index contributed by atoms with van der Waals surface area (Å²) >= 11 is 0. The predicted molar refractivity (Wildman–Crippen MR) is 88.0 cm³/mol. The van der Waals surface area contributed by atoms with Crippen LogP contribution in [0.5, 0.6) is 0 Å². The third-order valence-electron chi connectivity index (χ3n) is 4.12. The lowest BCUT2D eigenvalue weighted by Gasteiger charge is -2.26. The van der Waals surface area contributed by atoms with Crippen molar-refractivity contribution in [3.05, 3.63) is 35.6 Å². The Morgan fingerprint density at radius 2 is 1.67 bits per heavy atom. The number of ketones is 1. The van der Waals surface area contributed by atoms with E-state index in [1.54, 1.807) is 4.90 Å². The second-order valence-corrected chi connectivity index (χ2v) is 6.00. The number of halogens is 1. The summed E-state index contributed by atoms with van der Waals surface area (Å²) in [6.07, 6.45) is 4.01. The summed E-state index contributed by atoms with van der Waals surface area (Å²) in [5.74, 6) is -0.783. The molecule has 1 heterocycles. The van der Waals surface area contributed by atoms with Crippen LogP contribution < -0.4 is 5.32 Å². The molecule has 1 fully saturated rings. The zero-order chi connectivity index (χ0) is 17.4. The molecule has 5 nitrogen and oxygen atoms in total. The van der Waals surface area contributed by atoms with Gasteiger partial charge < -0.3 is 10.2 Å². The van der Waals surface area contributed by atoms with Crippen LogP contribution in [0.15, 0.2) is 24.3 Å². The van der Waals surface area contributed by atoms with E-state index in [0.29, 0.717) is 12.0 Å². The number of carbonyl (C=O) groups is 3. The fourth-order valence-corrected chi connectivity index (χ4v) is 2.71. The molecule has 1 aliphatic heterocycles. The second-order valence-electron chi connectivity index (χ2n) is 6.00. The summed E-state index contributed by atoms with van der Waals surface area (Å²) in [5, 5.41) is 2.61. The van der Waals surface area contributed by atoms with Crippen molar-refractivity contribution in [3.63, 3.8) is 0 Å². The summed E-state index contributed by atoms with van der Waals surface area (Å²) in [6.45, 7) is 1.55. The monoisotopic (exact) mass is 334 g/mol. The molecule has 6 heteroatoms. The van der Waals surface area contributed by atoms with Gasteiger partial charge in [-0.1, -0.05) is 0 Å². The number of amides is 2. The van der Waals surface area contributed by atoms with Gasteiger partial charge in [-0.15, -0.1) is 0 Å². The van der Waals surface area contributed by atoms with Crippen molar-refractivity contribution in [2.24, 2.45) is 0 Å². The first-order valence-electron chi connectivity index (χ1n) is 8.39. The van der Waals surface area contributed by atoms with Crippen LogP contribution in [0.4, 0.5) is 4.39 Å². The first kappa shape index (κ1) is 18.1. The number of carbonyl (C=O) groups excluding carboxylic acids is 3. The van der Waals surface area contributed by atoms with E-state index in [4.69, 9.17) is 0 Å². The Bertz CT molecular complexity index is 580. The molecule has 1 aromatic carbocycles. The van der Waals surface area contributed by atoms with Gasteiger partial charge in [0.2, 0.25) is 11.8 Å². The zero-order valence-corrected chi connectivity index (χ0v) is 13.7. The molecule has 0 radical (unpaired) electrons. The van der Waals surface area contributed by atoms with Crippen molar-refractivity contribution in [3.8, 4) is 0 Å². The number of nitrogens with one attached hydrogen (secondary N) is 1. The van der Waals surface area contributed by atoms with Gasteiger partial charge in [0.15, 0.2) is 5.78 Å².